The van der Waals surface area contributed by atoms with Crippen LogP contribution in [0.3, 0.4) is 0 Å². The Labute approximate surface area is 169 Å². The maximum absolute atomic E-state index is 11.6. The molecule has 0 bridgehead atoms. The first kappa shape index (κ1) is 26.8. The summed E-state index contributed by atoms with van der Waals surface area (Å²) in [6.07, 6.45) is 2.38. The van der Waals surface area contributed by atoms with Crippen LogP contribution in [0.2, 0.25) is 0 Å². The Kier molecular flexibility index (Phi) is 9.99. The summed E-state index contributed by atoms with van der Waals surface area (Å²) in [5.41, 5.74) is -0.168. The van der Waals surface area contributed by atoms with Crippen molar-refractivity contribution in [3.8, 4) is 0 Å². The van der Waals surface area contributed by atoms with Gasteiger partial charge in [-0.25, -0.2) is 0 Å². The van der Waals surface area contributed by atoms with Crippen molar-refractivity contribution in [1.82, 2.24) is 4.90 Å². The molecule has 0 aliphatic heterocycles. The lowest BCUT2D eigenvalue weighted by Gasteiger charge is -2.51. The zero-order valence-corrected chi connectivity index (χ0v) is 19.9. The summed E-state index contributed by atoms with van der Waals surface area (Å²) in [5, 5.41) is 30.9. The van der Waals surface area contributed by atoms with Crippen molar-refractivity contribution in [2.75, 3.05) is 26.3 Å². The Bertz CT molecular complexity index is 418. The summed E-state index contributed by atoms with van der Waals surface area (Å²) in [6.45, 7) is 23.1. The van der Waals surface area contributed by atoms with Gasteiger partial charge in [-0.15, -0.1) is 0 Å². The van der Waals surface area contributed by atoms with Gasteiger partial charge in [0.15, 0.2) is 0 Å². The highest BCUT2D eigenvalue weighted by Crippen LogP contribution is 2.46. The van der Waals surface area contributed by atoms with Crippen LogP contribution in [0.1, 0.15) is 88.5 Å². The molecule has 164 valence electrons. The third kappa shape index (κ3) is 8.81. The van der Waals surface area contributed by atoms with E-state index in [2.05, 4.69) is 74.1 Å². The fraction of sp³-hybridized carbons (Fsp3) is 1.00. The van der Waals surface area contributed by atoms with Crippen LogP contribution in [0.5, 0.6) is 0 Å². The fourth-order valence-corrected chi connectivity index (χ4v) is 5.13. The van der Waals surface area contributed by atoms with Gasteiger partial charge in [-0.2, -0.15) is 0 Å². The van der Waals surface area contributed by atoms with Crippen molar-refractivity contribution < 1.29 is 15.3 Å². The van der Waals surface area contributed by atoms with Crippen molar-refractivity contribution in [2.45, 2.75) is 101 Å². The molecule has 0 aromatic heterocycles. The monoisotopic (exact) mass is 387 g/mol. The molecule has 4 heteroatoms. The Morgan fingerprint density at radius 2 is 1.19 bits per heavy atom. The van der Waals surface area contributed by atoms with Crippen LogP contribution in [-0.4, -0.2) is 58.7 Å². The molecule has 4 nitrogen and oxygen atoms in total. The third-order valence-electron chi connectivity index (χ3n) is 5.95. The molecule has 3 N–H and O–H groups in total. The van der Waals surface area contributed by atoms with E-state index in [1.165, 1.54) is 0 Å². The maximum Gasteiger partial charge on any atom is 0.0751 e. The van der Waals surface area contributed by atoms with Gasteiger partial charge in [0.2, 0.25) is 0 Å². The molecular weight excluding hydrogens is 338 g/mol. The lowest BCUT2D eigenvalue weighted by atomic mass is 9.63. The summed E-state index contributed by atoms with van der Waals surface area (Å²) in [4.78, 5) is 2.09. The lowest BCUT2D eigenvalue weighted by Crippen LogP contribution is -2.59. The molecule has 0 aromatic rings. The predicted octanol–water partition coefficient (Wildman–Crippen LogP) is 4.32. The second-order valence-electron chi connectivity index (χ2n) is 11.8. The summed E-state index contributed by atoms with van der Waals surface area (Å²) >= 11 is 0. The molecule has 0 rings (SSSR count). The number of aliphatic hydroxyl groups is 3. The largest absolute Gasteiger partial charge is 0.395 e. The average Bonchev–Trinajstić information content (AvgIpc) is 2.43. The molecular formula is C23H49NO3. The van der Waals surface area contributed by atoms with Gasteiger partial charge >= 0.3 is 0 Å². The van der Waals surface area contributed by atoms with Gasteiger partial charge in [0.05, 0.1) is 19.3 Å². The van der Waals surface area contributed by atoms with Crippen molar-refractivity contribution in [1.29, 1.82) is 0 Å². The van der Waals surface area contributed by atoms with Gasteiger partial charge in [-0.1, -0.05) is 75.7 Å². The number of rotatable bonds is 12. The average molecular weight is 388 g/mol. The lowest BCUT2D eigenvalue weighted by molar-refractivity contribution is -0.0979. The van der Waals surface area contributed by atoms with Gasteiger partial charge in [0.25, 0.3) is 0 Å². The van der Waals surface area contributed by atoms with E-state index in [0.717, 1.165) is 19.3 Å². The topological polar surface area (TPSA) is 63.9 Å². The minimum atomic E-state index is -0.557. The Morgan fingerprint density at radius 3 is 1.52 bits per heavy atom. The Balaban J connectivity index is 6.00. The minimum Gasteiger partial charge on any atom is -0.395 e. The second kappa shape index (κ2) is 10.0. The van der Waals surface area contributed by atoms with E-state index in [4.69, 9.17) is 0 Å². The van der Waals surface area contributed by atoms with E-state index < -0.39 is 6.10 Å². The molecule has 0 saturated heterocycles. The van der Waals surface area contributed by atoms with Gasteiger partial charge < -0.3 is 15.3 Å². The highest BCUT2D eigenvalue weighted by molar-refractivity contribution is 4.99. The molecule has 27 heavy (non-hydrogen) atoms. The number of hydrogen-bond acceptors (Lipinski definition) is 4. The van der Waals surface area contributed by atoms with Crippen molar-refractivity contribution in [3.05, 3.63) is 0 Å². The van der Waals surface area contributed by atoms with E-state index in [1.807, 2.05) is 0 Å². The summed E-state index contributed by atoms with van der Waals surface area (Å²) < 4.78 is 0. The zero-order chi connectivity index (χ0) is 21.7. The first-order valence-electron chi connectivity index (χ1n) is 10.7. The molecule has 0 heterocycles. The van der Waals surface area contributed by atoms with Crippen molar-refractivity contribution >= 4 is 0 Å². The maximum atomic E-state index is 11.6. The fourth-order valence-electron chi connectivity index (χ4n) is 5.13. The SMILES string of the molecule is CCC(C)(C)CC(C)(C)C(O)C(N(CCO)CCO)C(C)(C)CC(C)(C)C. The summed E-state index contributed by atoms with van der Waals surface area (Å²) in [5.74, 6) is 0. The van der Waals surface area contributed by atoms with E-state index in [1.54, 1.807) is 0 Å². The van der Waals surface area contributed by atoms with E-state index in [0.29, 0.717) is 13.1 Å². The van der Waals surface area contributed by atoms with Crippen LogP contribution in [-0.2, 0) is 0 Å². The molecule has 0 aromatic carbocycles. The molecule has 0 spiro atoms. The molecule has 2 atom stereocenters. The Morgan fingerprint density at radius 1 is 0.741 bits per heavy atom. The molecule has 0 aliphatic rings. The van der Waals surface area contributed by atoms with Crippen LogP contribution in [0.4, 0.5) is 0 Å². The van der Waals surface area contributed by atoms with E-state index >= 15 is 0 Å². The molecule has 0 radical (unpaired) electrons. The predicted molar refractivity (Wildman–Crippen MR) is 116 cm³/mol. The molecule has 0 fully saturated rings. The first-order valence-corrected chi connectivity index (χ1v) is 10.7. The number of hydrogen-bond donors (Lipinski definition) is 3. The summed E-state index contributed by atoms with van der Waals surface area (Å²) in [7, 11) is 0. The van der Waals surface area contributed by atoms with Crippen LogP contribution in [0.15, 0.2) is 0 Å². The quantitative estimate of drug-likeness (QED) is 0.467. The molecule has 2 unspecified atom stereocenters. The standard InChI is InChI=1S/C23H49NO3/c1-11-21(5,6)17-23(9,10)19(27)18(24(12-14-25)13-15-26)22(7,8)16-20(2,3)4/h18-19,25-27H,11-17H2,1-10H3. The molecule has 0 saturated carbocycles. The number of nitrogens with zero attached hydrogens (tertiary/aromatic N) is 1. The van der Waals surface area contributed by atoms with Gasteiger partial charge in [-0.05, 0) is 34.5 Å². The van der Waals surface area contributed by atoms with Gasteiger partial charge in [-0.3, -0.25) is 4.90 Å². The highest BCUT2D eigenvalue weighted by atomic mass is 16.3. The molecule has 0 amide bonds. The van der Waals surface area contributed by atoms with Crippen LogP contribution in [0, 0.1) is 21.7 Å². The normalized spacial score (nSPS) is 16.7. The zero-order valence-electron chi connectivity index (χ0n) is 19.9. The Hall–Kier alpha value is -0.160. The van der Waals surface area contributed by atoms with Gasteiger partial charge in [0.1, 0.15) is 0 Å². The second-order valence-corrected chi connectivity index (χ2v) is 11.8. The van der Waals surface area contributed by atoms with E-state index in [-0.39, 0.29) is 40.9 Å². The highest BCUT2D eigenvalue weighted by Gasteiger charge is 2.47. The smallest absolute Gasteiger partial charge is 0.0751 e. The summed E-state index contributed by atoms with van der Waals surface area (Å²) in [6, 6.07) is -0.140. The van der Waals surface area contributed by atoms with E-state index in [9.17, 15) is 15.3 Å². The van der Waals surface area contributed by atoms with Crippen LogP contribution in [0.25, 0.3) is 0 Å². The number of aliphatic hydroxyl groups excluding tert-OH is 3. The van der Waals surface area contributed by atoms with Crippen molar-refractivity contribution in [2.24, 2.45) is 21.7 Å². The van der Waals surface area contributed by atoms with Crippen LogP contribution < -0.4 is 0 Å². The first-order chi connectivity index (χ1) is 12.0. The van der Waals surface area contributed by atoms with Gasteiger partial charge in [0, 0.05) is 19.1 Å². The van der Waals surface area contributed by atoms with Crippen molar-refractivity contribution in [3.63, 3.8) is 0 Å². The minimum absolute atomic E-state index is 0.0235. The van der Waals surface area contributed by atoms with Crippen LogP contribution >= 0.6 is 0 Å². The molecule has 0 aliphatic carbocycles. The third-order valence-corrected chi connectivity index (χ3v) is 5.95.